The Bertz CT molecular complexity index is 1020. The summed E-state index contributed by atoms with van der Waals surface area (Å²) in [6.45, 7) is 0. The lowest BCUT2D eigenvalue weighted by atomic mass is 10.1. The Morgan fingerprint density at radius 2 is 1.88 bits per heavy atom. The highest BCUT2D eigenvalue weighted by atomic mass is 79.9. The van der Waals surface area contributed by atoms with Gasteiger partial charge in [0.05, 0.1) is 0 Å². The number of anilines is 1. The Morgan fingerprint density at radius 3 is 2.60 bits per heavy atom. The van der Waals surface area contributed by atoms with Gasteiger partial charge in [-0.3, -0.25) is 4.72 Å². The Morgan fingerprint density at radius 1 is 1.12 bits per heavy atom. The third kappa shape index (κ3) is 4.23. The zero-order chi connectivity index (χ0) is 18.0. The van der Waals surface area contributed by atoms with Crippen molar-refractivity contribution >= 4 is 42.4 Å². The lowest BCUT2D eigenvalue weighted by Gasteiger charge is -2.06. The minimum Gasteiger partial charge on any atom is -0.255 e. The third-order valence-corrected chi connectivity index (χ3v) is 6.66. The van der Waals surface area contributed by atoms with Gasteiger partial charge in [-0.2, -0.15) is 0 Å². The molecule has 0 amide bonds. The molecule has 0 spiro atoms. The number of rotatable bonds is 5. The Kier molecular flexibility index (Phi) is 5.16. The third-order valence-electron chi connectivity index (χ3n) is 3.26. The van der Waals surface area contributed by atoms with Crippen LogP contribution in [0.5, 0.6) is 0 Å². The quantitative estimate of drug-likeness (QED) is 0.626. The van der Waals surface area contributed by atoms with E-state index in [1.807, 2.05) is 0 Å². The fraction of sp³-hybridized carbons (Fsp3) is 0.0625. The maximum Gasteiger partial charge on any atom is 0.264 e. The summed E-state index contributed by atoms with van der Waals surface area (Å²) >= 11 is 4.34. The van der Waals surface area contributed by atoms with E-state index in [4.69, 9.17) is 0 Å². The minimum absolute atomic E-state index is 0.104. The predicted octanol–water partition coefficient (Wildman–Crippen LogP) is 4.58. The maximum absolute atomic E-state index is 13.3. The molecule has 0 aliphatic carbocycles. The molecule has 3 rings (SSSR count). The molecule has 0 saturated heterocycles. The summed E-state index contributed by atoms with van der Waals surface area (Å²) in [6, 6.07) is 10.1. The molecule has 0 unspecified atom stereocenters. The zero-order valence-electron chi connectivity index (χ0n) is 12.5. The summed E-state index contributed by atoms with van der Waals surface area (Å²) in [6.07, 6.45) is 1.83. The highest BCUT2D eigenvalue weighted by Gasteiger charge is 2.19. The van der Waals surface area contributed by atoms with E-state index in [1.54, 1.807) is 18.2 Å². The molecule has 0 bridgehead atoms. The van der Waals surface area contributed by atoms with Crippen LogP contribution in [0.2, 0.25) is 0 Å². The summed E-state index contributed by atoms with van der Waals surface area (Å²) in [5.41, 5.74) is 0.572. The second-order valence-electron chi connectivity index (χ2n) is 5.09. The van der Waals surface area contributed by atoms with Crippen LogP contribution < -0.4 is 4.72 Å². The number of hydrogen-bond acceptors (Lipinski definition) is 4. The van der Waals surface area contributed by atoms with Gasteiger partial charge in [0.15, 0.2) is 16.8 Å². The molecule has 1 heterocycles. The second-order valence-corrected chi connectivity index (χ2v) is 8.71. The van der Waals surface area contributed by atoms with Crippen LogP contribution in [-0.4, -0.2) is 13.4 Å². The van der Waals surface area contributed by atoms with E-state index in [9.17, 15) is 17.2 Å². The summed E-state index contributed by atoms with van der Waals surface area (Å²) < 4.78 is 53.9. The van der Waals surface area contributed by atoms with Crippen molar-refractivity contribution in [3.05, 3.63) is 75.2 Å². The van der Waals surface area contributed by atoms with Crippen molar-refractivity contribution in [3.8, 4) is 0 Å². The molecular weight excluding hydrogens is 434 g/mol. The topological polar surface area (TPSA) is 59.1 Å². The van der Waals surface area contributed by atoms with Gasteiger partial charge in [-0.1, -0.05) is 18.2 Å². The number of sulfonamides is 1. The highest BCUT2D eigenvalue weighted by Crippen LogP contribution is 2.27. The van der Waals surface area contributed by atoms with Crippen molar-refractivity contribution in [2.75, 3.05) is 4.72 Å². The van der Waals surface area contributed by atoms with Crippen molar-refractivity contribution in [2.24, 2.45) is 0 Å². The van der Waals surface area contributed by atoms with Crippen LogP contribution in [-0.2, 0) is 16.4 Å². The fourth-order valence-corrected chi connectivity index (χ4v) is 5.21. The minimum atomic E-state index is -3.77. The number of thiazole rings is 1. The van der Waals surface area contributed by atoms with Gasteiger partial charge in [-0.25, -0.2) is 22.2 Å². The molecular formula is C16H11BrF2N2O2S2. The van der Waals surface area contributed by atoms with E-state index in [2.05, 4.69) is 25.6 Å². The van der Waals surface area contributed by atoms with E-state index in [0.29, 0.717) is 16.5 Å². The predicted molar refractivity (Wildman–Crippen MR) is 96.2 cm³/mol. The van der Waals surface area contributed by atoms with E-state index < -0.39 is 21.7 Å². The van der Waals surface area contributed by atoms with E-state index in [1.165, 1.54) is 18.3 Å². The molecule has 9 heteroatoms. The van der Waals surface area contributed by atoms with E-state index in [-0.39, 0.29) is 10.0 Å². The monoisotopic (exact) mass is 444 g/mol. The maximum atomic E-state index is 13.3. The van der Waals surface area contributed by atoms with Gasteiger partial charge in [0.1, 0.15) is 4.90 Å². The number of aromatic nitrogens is 1. The second kappa shape index (κ2) is 7.19. The number of nitrogens with one attached hydrogen (secondary N) is 1. The first kappa shape index (κ1) is 18.0. The SMILES string of the molecule is O=S(=O)(Nc1ncc(Cc2ccc(F)c(F)c2)s1)c1ccccc1Br. The highest BCUT2D eigenvalue weighted by molar-refractivity contribution is 9.10. The van der Waals surface area contributed by atoms with Crippen molar-refractivity contribution in [1.29, 1.82) is 0 Å². The van der Waals surface area contributed by atoms with Crippen molar-refractivity contribution < 1.29 is 17.2 Å². The molecule has 2 aromatic carbocycles. The Labute approximate surface area is 155 Å². The summed E-state index contributed by atoms with van der Waals surface area (Å²) in [5, 5.41) is 0.202. The smallest absolute Gasteiger partial charge is 0.255 e. The van der Waals surface area contributed by atoms with Gasteiger partial charge < -0.3 is 0 Å². The van der Waals surface area contributed by atoms with Crippen LogP contribution in [0.25, 0.3) is 0 Å². The number of hydrogen-bond donors (Lipinski definition) is 1. The molecule has 130 valence electrons. The average Bonchev–Trinajstić information content (AvgIpc) is 2.97. The van der Waals surface area contributed by atoms with Gasteiger partial charge in [0, 0.05) is 22.0 Å². The summed E-state index contributed by atoms with van der Waals surface area (Å²) in [4.78, 5) is 4.86. The van der Waals surface area contributed by atoms with Crippen LogP contribution in [0.3, 0.4) is 0 Å². The van der Waals surface area contributed by atoms with Crippen LogP contribution in [0.15, 0.2) is 58.0 Å². The van der Waals surface area contributed by atoms with E-state index in [0.717, 1.165) is 28.3 Å². The van der Waals surface area contributed by atoms with Gasteiger partial charge in [-0.15, -0.1) is 11.3 Å². The molecule has 0 aliphatic heterocycles. The first-order valence-electron chi connectivity index (χ1n) is 7.01. The lowest BCUT2D eigenvalue weighted by Crippen LogP contribution is -2.13. The zero-order valence-corrected chi connectivity index (χ0v) is 15.8. The van der Waals surface area contributed by atoms with Crippen molar-refractivity contribution in [3.63, 3.8) is 0 Å². The van der Waals surface area contributed by atoms with Gasteiger partial charge in [0.2, 0.25) is 0 Å². The van der Waals surface area contributed by atoms with E-state index >= 15 is 0 Å². The Hall–Kier alpha value is -1.84. The molecule has 4 nitrogen and oxygen atoms in total. The van der Waals surface area contributed by atoms with Crippen LogP contribution in [0.1, 0.15) is 10.4 Å². The largest absolute Gasteiger partial charge is 0.264 e. The standard InChI is InChI=1S/C16H11BrF2N2O2S2/c17-12-3-1-2-4-15(12)25(22,23)21-16-20-9-11(24-16)7-10-5-6-13(18)14(19)8-10/h1-6,8-9H,7H2,(H,20,21). The molecule has 25 heavy (non-hydrogen) atoms. The molecule has 1 aromatic heterocycles. The summed E-state index contributed by atoms with van der Waals surface area (Å²) in [7, 11) is -3.77. The molecule has 0 fully saturated rings. The molecule has 3 aromatic rings. The Balaban J connectivity index is 1.77. The molecule has 0 atom stereocenters. The van der Waals surface area contributed by atoms with Crippen molar-refractivity contribution in [1.82, 2.24) is 4.98 Å². The fourth-order valence-electron chi connectivity index (χ4n) is 2.12. The van der Waals surface area contributed by atoms with Crippen molar-refractivity contribution in [2.45, 2.75) is 11.3 Å². The normalized spacial score (nSPS) is 11.5. The first-order chi connectivity index (χ1) is 11.8. The first-order valence-corrected chi connectivity index (χ1v) is 10.1. The molecule has 0 radical (unpaired) electrons. The van der Waals surface area contributed by atoms with Crippen LogP contribution in [0, 0.1) is 11.6 Å². The van der Waals surface area contributed by atoms with Gasteiger partial charge >= 0.3 is 0 Å². The molecule has 1 N–H and O–H groups in total. The van der Waals surface area contributed by atoms with Crippen LogP contribution in [0.4, 0.5) is 13.9 Å². The number of nitrogens with zero attached hydrogens (tertiary/aromatic N) is 1. The van der Waals surface area contributed by atoms with Crippen LogP contribution >= 0.6 is 27.3 Å². The average molecular weight is 445 g/mol. The lowest BCUT2D eigenvalue weighted by molar-refractivity contribution is 0.507. The number of benzene rings is 2. The molecule has 0 aliphatic rings. The number of halogens is 3. The van der Waals surface area contributed by atoms with Gasteiger partial charge in [0.25, 0.3) is 10.0 Å². The summed E-state index contributed by atoms with van der Waals surface area (Å²) in [5.74, 6) is -1.83. The molecule has 0 saturated carbocycles. The van der Waals surface area contributed by atoms with Gasteiger partial charge in [-0.05, 0) is 45.8 Å².